The topological polar surface area (TPSA) is 39.1 Å². The third-order valence-electron chi connectivity index (χ3n) is 2.11. The molecule has 0 aliphatic carbocycles. The monoisotopic (exact) mass is 237 g/mol. The summed E-state index contributed by atoms with van der Waals surface area (Å²) in [5.41, 5.74) is -0.875. The van der Waals surface area contributed by atoms with E-state index in [1.807, 2.05) is 0 Å². The molecule has 1 N–H and O–H groups in total. The van der Waals surface area contributed by atoms with Gasteiger partial charge in [-0.15, -0.1) is 0 Å². The zero-order valence-corrected chi connectivity index (χ0v) is 9.08. The van der Waals surface area contributed by atoms with E-state index in [1.54, 1.807) is 7.05 Å². The molecule has 92 valence electrons. The van der Waals surface area contributed by atoms with Crippen LogP contribution in [0.2, 0.25) is 0 Å². The Kier molecular flexibility index (Phi) is 4.31. The van der Waals surface area contributed by atoms with Crippen LogP contribution in [0.25, 0.3) is 0 Å². The molecule has 16 heavy (non-hydrogen) atoms. The summed E-state index contributed by atoms with van der Waals surface area (Å²) in [6, 6.07) is 0.894. The Labute approximate surface area is 91.4 Å². The molecule has 0 bridgehead atoms. The molecule has 0 aliphatic rings. The highest BCUT2D eigenvalue weighted by Crippen LogP contribution is 2.27. The second kappa shape index (κ2) is 5.31. The summed E-state index contributed by atoms with van der Waals surface area (Å²) in [6.45, 7) is 0.748. The summed E-state index contributed by atoms with van der Waals surface area (Å²) in [4.78, 5) is 0. The normalized spacial score (nSPS) is 14.1. The van der Waals surface area contributed by atoms with Crippen molar-refractivity contribution in [2.24, 2.45) is 0 Å². The molecule has 1 aromatic heterocycles. The molecular weight excluding hydrogens is 223 g/mol. The number of aromatic nitrogens is 2. The molecule has 0 aromatic carbocycles. The number of methoxy groups -OCH3 is 1. The summed E-state index contributed by atoms with van der Waals surface area (Å²) in [5, 5.41) is 6.38. The van der Waals surface area contributed by atoms with E-state index in [0.717, 1.165) is 6.07 Å². The lowest BCUT2D eigenvalue weighted by Gasteiger charge is -2.14. The van der Waals surface area contributed by atoms with Crippen molar-refractivity contribution in [2.45, 2.75) is 18.8 Å². The van der Waals surface area contributed by atoms with Crippen molar-refractivity contribution in [2.75, 3.05) is 20.8 Å². The second-order valence-corrected chi connectivity index (χ2v) is 3.36. The van der Waals surface area contributed by atoms with E-state index in [4.69, 9.17) is 4.74 Å². The van der Waals surface area contributed by atoms with Crippen LogP contribution in [0, 0.1) is 0 Å². The van der Waals surface area contributed by atoms with Gasteiger partial charge >= 0.3 is 6.18 Å². The van der Waals surface area contributed by atoms with Crippen molar-refractivity contribution in [3.8, 4) is 0 Å². The molecule has 1 unspecified atom stereocenters. The zero-order valence-electron chi connectivity index (χ0n) is 9.08. The van der Waals surface area contributed by atoms with E-state index in [0.29, 0.717) is 13.2 Å². The van der Waals surface area contributed by atoms with Crippen molar-refractivity contribution < 1.29 is 17.9 Å². The number of alkyl halides is 3. The molecular formula is C9H14F3N3O. The molecule has 1 rings (SSSR count). The minimum atomic E-state index is -4.39. The highest BCUT2D eigenvalue weighted by atomic mass is 19.4. The predicted octanol–water partition coefficient (Wildman–Crippen LogP) is 1.14. The molecule has 0 radical (unpaired) electrons. The Morgan fingerprint density at radius 2 is 2.25 bits per heavy atom. The minimum Gasteiger partial charge on any atom is -0.383 e. The van der Waals surface area contributed by atoms with Crippen LogP contribution in [0.3, 0.4) is 0 Å². The first kappa shape index (κ1) is 13.0. The molecule has 1 aromatic rings. The van der Waals surface area contributed by atoms with Gasteiger partial charge in [-0.05, 0) is 13.1 Å². The number of likely N-dealkylation sites (N-methyl/N-ethyl adjacent to an activating group) is 1. The van der Waals surface area contributed by atoms with E-state index < -0.39 is 11.9 Å². The van der Waals surface area contributed by atoms with Crippen LogP contribution in [0.1, 0.15) is 5.69 Å². The summed E-state index contributed by atoms with van der Waals surface area (Å²) in [5.74, 6) is 0. The van der Waals surface area contributed by atoms with Gasteiger partial charge in [0.25, 0.3) is 0 Å². The Bertz CT molecular complexity index is 324. The Morgan fingerprint density at radius 3 is 2.69 bits per heavy atom. The predicted molar refractivity (Wildman–Crippen MR) is 52.0 cm³/mol. The fourth-order valence-corrected chi connectivity index (χ4v) is 1.27. The van der Waals surface area contributed by atoms with Gasteiger partial charge in [0.15, 0.2) is 5.69 Å². The maximum Gasteiger partial charge on any atom is 0.435 e. The fourth-order valence-electron chi connectivity index (χ4n) is 1.27. The Hall–Kier alpha value is -1.08. The molecule has 0 fully saturated rings. The number of nitrogens with zero attached hydrogens (tertiary/aromatic N) is 2. The Morgan fingerprint density at radius 1 is 1.56 bits per heavy atom. The maximum atomic E-state index is 12.3. The van der Waals surface area contributed by atoms with Gasteiger partial charge in [-0.1, -0.05) is 0 Å². The molecule has 4 nitrogen and oxygen atoms in total. The molecule has 0 spiro atoms. The van der Waals surface area contributed by atoms with E-state index in [9.17, 15) is 13.2 Å². The summed E-state index contributed by atoms with van der Waals surface area (Å²) in [6.07, 6.45) is -3.08. The molecule has 0 saturated carbocycles. The van der Waals surface area contributed by atoms with Crippen LogP contribution < -0.4 is 5.32 Å². The first-order valence-corrected chi connectivity index (χ1v) is 4.74. The highest BCUT2D eigenvalue weighted by Gasteiger charge is 2.33. The third-order valence-corrected chi connectivity index (χ3v) is 2.11. The zero-order chi connectivity index (χ0) is 12.2. The molecule has 1 heterocycles. The highest BCUT2D eigenvalue weighted by molar-refractivity contribution is 5.03. The van der Waals surface area contributed by atoms with Crippen LogP contribution in [0.15, 0.2) is 12.3 Å². The van der Waals surface area contributed by atoms with Gasteiger partial charge in [0.2, 0.25) is 0 Å². The molecule has 0 amide bonds. The SMILES string of the molecule is CNC(COC)Cn1ccc(C(F)(F)F)n1. The van der Waals surface area contributed by atoms with Crippen molar-refractivity contribution in [1.82, 2.24) is 15.1 Å². The van der Waals surface area contributed by atoms with Gasteiger partial charge in [0.05, 0.1) is 13.2 Å². The van der Waals surface area contributed by atoms with Gasteiger partial charge in [-0.25, -0.2) is 0 Å². The van der Waals surface area contributed by atoms with Gasteiger partial charge in [0.1, 0.15) is 0 Å². The lowest BCUT2D eigenvalue weighted by Crippen LogP contribution is -2.34. The fraction of sp³-hybridized carbons (Fsp3) is 0.667. The Balaban J connectivity index is 2.64. The van der Waals surface area contributed by atoms with Gasteiger partial charge in [-0.3, -0.25) is 4.68 Å². The van der Waals surface area contributed by atoms with Gasteiger partial charge in [-0.2, -0.15) is 18.3 Å². The number of nitrogens with one attached hydrogen (secondary N) is 1. The van der Waals surface area contributed by atoms with Gasteiger partial charge < -0.3 is 10.1 Å². The van der Waals surface area contributed by atoms with Crippen molar-refractivity contribution >= 4 is 0 Å². The third kappa shape index (κ3) is 3.49. The summed E-state index contributed by atoms with van der Waals surface area (Å²) < 4.78 is 42.9. The number of ether oxygens (including phenoxy) is 1. The van der Waals surface area contributed by atoms with Crippen molar-refractivity contribution in [1.29, 1.82) is 0 Å². The first-order valence-electron chi connectivity index (χ1n) is 4.74. The number of hydrogen-bond acceptors (Lipinski definition) is 3. The molecule has 0 saturated heterocycles. The van der Waals surface area contributed by atoms with E-state index in [1.165, 1.54) is 18.0 Å². The van der Waals surface area contributed by atoms with Gasteiger partial charge in [0, 0.05) is 19.3 Å². The average molecular weight is 237 g/mol. The molecule has 1 atom stereocenters. The second-order valence-electron chi connectivity index (χ2n) is 3.36. The standard InChI is InChI=1S/C9H14F3N3O/c1-13-7(6-16-2)5-15-4-3-8(14-15)9(10,11)12/h3-4,7,13H,5-6H2,1-2H3. The van der Waals surface area contributed by atoms with Crippen molar-refractivity contribution in [3.63, 3.8) is 0 Å². The van der Waals surface area contributed by atoms with Crippen LogP contribution in [0.5, 0.6) is 0 Å². The summed E-state index contributed by atoms with van der Waals surface area (Å²) >= 11 is 0. The van der Waals surface area contributed by atoms with Crippen LogP contribution in [0.4, 0.5) is 13.2 Å². The maximum absolute atomic E-state index is 12.3. The number of hydrogen-bond donors (Lipinski definition) is 1. The quantitative estimate of drug-likeness (QED) is 0.834. The van der Waals surface area contributed by atoms with Crippen LogP contribution in [-0.4, -0.2) is 36.6 Å². The van der Waals surface area contributed by atoms with E-state index in [2.05, 4.69) is 10.4 Å². The largest absolute Gasteiger partial charge is 0.435 e. The molecule has 0 aliphatic heterocycles. The summed E-state index contributed by atoms with van der Waals surface area (Å²) in [7, 11) is 3.26. The lowest BCUT2D eigenvalue weighted by molar-refractivity contribution is -0.141. The number of halogens is 3. The smallest absolute Gasteiger partial charge is 0.383 e. The van der Waals surface area contributed by atoms with Crippen LogP contribution in [-0.2, 0) is 17.5 Å². The van der Waals surface area contributed by atoms with E-state index in [-0.39, 0.29) is 6.04 Å². The molecule has 7 heteroatoms. The number of rotatable bonds is 5. The van der Waals surface area contributed by atoms with Crippen LogP contribution >= 0.6 is 0 Å². The van der Waals surface area contributed by atoms with Crippen molar-refractivity contribution in [3.05, 3.63) is 18.0 Å². The first-order chi connectivity index (χ1) is 7.47. The minimum absolute atomic E-state index is 0.0639. The lowest BCUT2D eigenvalue weighted by atomic mass is 10.3. The van der Waals surface area contributed by atoms with E-state index >= 15 is 0 Å². The average Bonchev–Trinajstić information content (AvgIpc) is 2.65.